The molecule has 7 N–H and O–H groups in total. The van der Waals surface area contributed by atoms with Gasteiger partial charge in [-0.05, 0) is 13.3 Å². The zero-order valence-corrected chi connectivity index (χ0v) is 14.5. The molecule has 0 unspecified atom stereocenters. The maximum absolute atomic E-state index is 10.4. The van der Waals surface area contributed by atoms with E-state index in [-0.39, 0.29) is 6.42 Å². The average molecular weight is 380 g/mol. The Morgan fingerprint density at radius 1 is 0.808 bits per heavy atom. The van der Waals surface area contributed by atoms with Crippen molar-refractivity contribution in [2.24, 2.45) is 0 Å². The van der Waals surface area contributed by atoms with Gasteiger partial charge in [0.1, 0.15) is 48.8 Å². The number of hydrogen-bond acceptors (Lipinski definition) is 10. The van der Waals surface area contributed by atoms with Crippen LogP contribution in [0.25, 0.3) is 0 Å². The van der Waals surface area contributed by atoms with Gasteiger partial charge >= 0.3 is 0 Å². The normalized spacial score (nSPS) is 46.9. The van der Waals surface area contributed by atoms with E-state index in [2.05, 4.69) is 6.58 Å². The molecule has 0 radical (unpaired) electrons. The van der Waals surface area contributed by atoms with Crippen molar-refractivity contribution in [3.8, 4) is 0 Å². The van der Waals surface area contributed by atoms with Crippen molar-refractivity contribution in [1.82, 2.24) is 0 Å². The predicted molar refractivity (Wildman–Crippen MR) is 85.8 cm³/mol. The zero-order valence-electron chi connectivity index (χ0n) is 14.5. The van der Waals surface area contributed by atoms with Crippen molar-refractivity contribution in [3.05, 3.63) is 12.2 Å². The highest BCUT2D eigenvalue weighted by Gasteiger charge is 2.50. The molecule has 2 fully saturated rings. The highest BCUT2D eigenvalue weighted by Crippen LogP contribution is 2.30. The van der Waals surface area contributed by atoms with E-state index in [4.69, 9.17) is 14.2 Å². The minimum atomic E-state index is -1.68. The highest BCUT2D eigenvalue weighted by atomic mass is 16.7. The number of aliphatic hydroxyl groups is 7. The summed E-state index contributed by atoms with van der Waals surface area (Å²) in [6.07, 6.45) is -13.3. The quantitative estimate of drug-likeness (QED) is 0.231. The van der Waals surface area contributed by atoms with Crippen molar-refractivity contribution in [1.29, 1.82) is 0 Å². The molecule has 0 aromatic heterocycles. The summed E-state index contributed by atoms with van der Waals surface area (Å²) in [6, 6.07) is 0. The highest BCUT2D eigenvalue weighted by molar-refractivity contribution is 5.00. The number of ether oxygens (including phenoxy) is 3. The summed E-state index contributed by atoms with van der Waals surface area (Å²) in [5.74, 6) is 0. The van der Waals surface area contributed by atoms with Crippen LogP contribution < -0.4 is 0 Å². The molecule has 2 heterocycles. The third-order valence-corrected chi connectivity index (χ3v) is 4.65. The molecular formula is C16H28O10. The summed E-state index contributed by atoms with van der Waals surface area (Å²) in [7, 11) is 0. The number of rotatable bonds is 6. The molecule has 152 valence electrons. The van der Waals surface area contributed by atoms with Crippen LogP contribution in [0.4, 0.5) is 0 Å². The van der Waals surface area contributed by atoms with Crippen LogP contribution in [0.15, 0.2) is 12.2 Å². The molecule has 0 amide bonds. The van der Waals surface area contributed by atoms with Gasteiger partial charge in [0.2, 0.25) is 0 Å². The molecule has 2 rings (SSSR count). The molecule has 0 bridgehead atoms. The minimum Gasteiger partial charge on any atom is -0.394 e. The van der Waals surface area contributed by atoms with Crippen LogP contribution in [0, 0.1) is 0 Å². The molecule has 0 spiro atoms. The average Bonchev–Trinajstić information content (AvgIpc) is 2.60. The molecule has 2 aliphatic rings. The molecule has 2 saturated heterocycles. The van der Waals surface area contributed by atoms with E-state index < -0.39 is 74.4 Å². The Kier molecular flexibility index (Phi) is 7.51. The van der Waals surface area contributed by atoms with Crippen LogP contribution in [-0.4, -0.2) is 110 Å². The van der Waals surface area contributed by atoms with Crippen LogP contribution in [0.1, 0.15) is 13.3 Å². The standard InChI is InChI=1S/C16H28O10/c1-6(2)3-7-10(19)13(22)15(9(5-18)24-7)26-16-14(23)12(21)11(20)8(4-17)25-16/h7-23H,1,3-5H2,2H3/t7-,8-,9-,10+,11+,12+,13-,14-,15-,16+/m1/s1. The van der Waals surface area contributed by atoms with Crippen LogP contribution in [0.2, 0.25) is 0 Å². The van der Waals surface area contributed by atoms with Gasteiger partial charge in [0.15, 0.2) is 6.29 Å². The van der Waals surface area contributed by atoms with Gasteiger partial charge in [-0.1, -0.05) is 5.57 Å². The summed E-state index contributed by atoms with van der Waals surface area (Å²) in [5.41, 5.74) is 0.714. The summed E-state index contributed by atoms with van der Waals surface area (Å²) < 4.78 is 16.3. The lowest BCUT2D eigenvalue weighted by atomic mass is 9.91. The Morgan fingerprint density at radius 2 is 1.38 bits per heavy atom. The van der Waals surface area contributed by atoms with Crippen LogP contribution in [0.3, 0.4) is 0 Å². The van der Waals surface area contributed by atoms with Gasteiger partial charge < -0.3 is 50.0 Å². The first-order valence-corrected chi connectivity index (χ1v) is 8.44. The predicted octanol–water partition coefficient (Wildman–Crippen LogP) is -3.38. The Bertz CT molecular complexity index is 470. The second-order valence-corrected chi connectivity index (χ2v) is 6.84. The number of hydrogen-bond donors (Lipinski definition) is 7. The molecule has 10 atom stereocenters. The van der Waals surface area contributed by atoms with E-state index in [0.717, 1.165) is 0 Å². The van der Waals surface area contributed by atoms with Crippen LogP contribution in [0.5, 0.6) is 0 Å². The summed E-state index contributed by atoms with van der Waals surface area (Å²) in [6.45, 7) is 4.27. The Balaban J connectivity index is 2.12. The van der Waals surface area contributed by atoms with E-state index in [1.165, 1.54) is 0 Å². The van der Waals surface area contributed by atoms with Gasteiger partial charge in [-0.25, -0.2) is 0 Å². The lowest BCUT2D eigenvalue weighted by Gasteiger charge is -2.46. The molecule has 10 heteroatoms. The third-order valence-electron chi connectivity index (χ3n) is 4.65. The van der Waals surface area contributed by atoms with Crippen LogP contribution in [-0.2, 0) is 14.2 Å². The Morgan fingerprint density at radius 3 is 1.92 bits per heavy atom. The second-order valence-electron chi connectivity index (χ2n) is 6.84. The van der Waals surface area contributed by atoms with E-state index in [1.807, 2.05) is 0 Å². The van der Waals surface area contributed by atoms with E-state index in [9.17, 15) is 35.7 Å². The molecule has 0 aromatic rings. The van der Waals surface area contributed by atoms with Gasteiger partial charge in [0.05, 0.1) is 19.3 Å². The first kappa shape index (κ1) is 21.6. The second kappa shape index (κ2) is 9.02. The Hall–Kier alpha value is -0.660. The fraction of sp³-hybridized carbons (Fsp3) is 0.875. The zero-order chi connectivity index (χ0) is 19.6. The van der Waals surface area contributed by atoms with E-state index >= 15 is 0 Å². The summed E-state index contributed by atoms with van der Waals surface area (Å²) >= 11 is 0. The molecule has 0 aliphatic carbocycles. The van der Waals surface area contributed by atoms with Crippen molar-refractivity contribution < 1.29 is 50.0 Å². The molecule has 0 aromatic carbocycles. The van der Waals surface area contributed by atoms with Crippen molar-refractivity contribution in [2.75, 3.05) is 13.2 Å². The van der Waals surface area contributed by atoms with Crippen LogP contribution >= 0.6 is 0 Å². The van der Waals surface area contributed by atoms with Gasteiger partial charge in [0.25, 0.3) is 0 Å². The minimum absolute atomic E-state index is 0.265. The smallest absolute Gasteiger partial charge is 0.187 e. The largest absolute Gasteiger partial charge is 0.394 e. The van der Waals surface area contributed by atoms with Crippen molar-refractivity contribution >= 4 is 0 Å². The molecule has 0 saturated carbocycles. The SMILES string of the molecule is C=C(C)C[C@H]1O[C@H](CO)[C@@H](O[C@@H]2O[C@H](CO)[C@H](O)[C@H](O)[C@H]2O)[C@H](O)[C@H]1O. The van der Waals surface area contributed by atoms with E-state index in [0.29, 0.717) is 5.57 Å². The first-order chi connectivity index (χ1) is 12.2. The van der Waals surface area contributed by atoms with Gasteiger partial charge in [0, 0.05) is 0 Å². The topological polar surface area (TPSA) is 169 Å². The summed E-state index contributed by atoms with van der Waals surface area (Å²) in [4.78, 5) is 0. The van der Waals surface area contributed by atoms with Crippen molar-refractivity contribution in [2.45, 2.75) is 74.6 Å². The van der Waals surface area contributed by atoms with Gasteiger partial charge in [-0.3, -0.25) is 0 Å². The van der Waals surface area contributed by atoms with Crippen molar-refractivity contribution in [3.63, 3.8) is 0 Å². The lowest BCUT2D eigenvalue weighted by molar-refractivity contribution is -0.341. The molecule has 10 nitrogen and oxygen atoms in total. The molecular weight excluding hydrogens is 352 g/mol. The summed E-state index contributed by atoms with van der Waals surface area (Å²) in [5, 5.41) is 69.0. The first-order valence-electron chi connectivity index (χ1n) is 8.44. The number of aliphatic hydroxyl groups excluding tert-OH is 7. The molecule has 2 aliphatic heterocycles. The molecule has 26 heavy (non-hydrogen) atoms. The fourth-order valence-corrected chi connectivity index (χ4v) is 3.18. The maximum Gasteiger partial charge on any atom is 0.187 e. The lowest BCUT2D eigenvalue weighted by Crippen LogP contribution is -2.64. The maximum atomic E-state index is 10.4. The van der Waals surface area contributed by atoms with Gasteiger partial charge in [-0.15, -0.1) is 6.58 Å². The fourth-order valence-electron chi connectivity index (χ4n) is 3.18. The van der Waals surface area contributed by atoms with Gasteiger partial charge in [-0.2, -0.15) is 0 Å². The van der Waals surface area contributed by atoms with E-state index in [1.54, 1.807) is 6.92 Å². The monoisotopic (exact) mass is 380 g/mol. The Labute approximate surface area is 150 Å². The third kappa shape index (κ3) is 4.42.